The molecular weight excluding hydrogens is 384 g/mol. The fourth-order valence-corrected chi connectivity index (χ4v) is 4.30. The van der Waals surface area contributed by atoms with E-state index in [9.17, 15) is 8.42 Å². The maximum atomic E-state index is 13.3. The highest BCUT2D eigenvalue weighted by Crippen LogP contribution is 2.34. The van der Waals surface area contributed by atoms with Gasteiger partial charge in [0, 0.05) is 5.56 Å². The van der Waals surface area contributed by atoms with Crippen molar-refractivity contribution in [1.82, 2.24) is 4.98 Å². The van der Waals surface area contributed by atoms with E-state index in [2.05, 4.69) is 10.3 Å². The molecule has 0 unspecified atom stereocenters. The van der Waals surface area contributed by atoms with Gasteiger partial charge in [0.1, 0.15) is 0 Å². The number of rotatable bonds is 6. The molecule has 0 bridgehead atoms. The van der Waals surface area contributed by atoms with Gasteiger partial charge in [-0.1, -0.05) is 66.7 Å². The lowest BCUT2D eigenvalue weighted by atomic mass is 10.1. The number of anilines is 1. The topological polar surface area (TPSA) is 72.2 Å². The zero-order valence-electron chi connectivity index (χ0n) is 15.8. The van der Waals surface area contributed by atoms with Crippen molar-refractivity contribution in [3.8, 4) is 11.5 Å². The van der Waals surface area contributed by atoms with Crippen LogP contribution in [0.5, 0.6) is 0 Å². The van der Waals surface area contributed by atoms with Crippen molar-refractivity contribution < 1.29 is 12.8 Å². The third-order valence-corrected chi connectivity index (χ3v) is 6.25. The van der Waals surface area contributed by atoms with Gasteiger partial charge in [0.25, 0.3) is 0 Å². The van der Waals surface area contributed by atoms with Crippen molar-refractivity contribution in [2.45, 2.75) is 22.9 Å². The lowest BCUT2D eigenvalue weighted by Gasteiger charge is -2.14. The molecule has 5 nitrogen and oxygen atoms in total. The zero-order chi connectivity index (χ0) is 20.3. The maximum absolute atomic E-state index is 13.3. The number of aromatic nitrogens is 1. The lowest BCUT2D eigenvalue weighted by Crippen LogP contribution is -2.10. The van der Waals surface area contributed by atoms with Gasteiger partial charge in [-0.25, -0.2) is 8.42 Å². The maximum Gasteiger partial charge on any atom is 0.234 e. The van der Waals surface area contributed by atoms with Crippen molar-refractivity contribution in [1.29, 1.82) is 0 Å². The molecule has 3 aromatic carbocycles. The van der Waals surface area contributed by atoms with Crippen LogP contribution in [0.2, 0.25) is 0 Å². The van der Waals surface area contributed by atoms with E-state index in [-0.39, 0.29) is 27.7 Å². The Morgan fingerprint density at radius 3 is 2.00 bits per heavy atom. The van der Waals surface area contributed by atoms with Crippen LogP contribution in [0.25, 0.3) is 11.5 Å². The highest BCUT2D eigenvalue weighted by Gasteiger charge is 2.29. The molecule has 0 aliphatic rings. The van der Waals surface area contributed by atoms with Gasteiger partial charge in [-0.2, -0.15) is 4.98 Å². The summed E-state index contributed by atoms with van der Waals surface area (Å²) in [5.41, 5.74) is 1.71. The summed E-state index contributed by atoms with van der Waals surface area (Å²) in [7, 11) is -3.85. The molecular formula is C23H20N2O3S. The predicted octanol–water partition coefficient (Wildman–Crippen LogP) is 5.35. The van der Waals surface area contributed by atoms with Gasteiger partial charge in [0.05, 0.1) is 10.9 Å². The molecule has 1 aromatic heterocycles. The van der Waals surface area contributed by atoms with Crippen molar-refractivity contribution >= 4 is 15.7 Å². The zero-order valence-corrected chi connectivity index (χ0v) is 16.6. The lowest BCUT2D eigenvalue weighted by molar-refractivity contribution is 0.570. The van der Waals surface area contributed by atoms with Crippen LogP contribution >= 0.6 is 0 Å². The summed E-state index contributed by atoms with van der Waals surface area (Å²) in [5, 5.41) is 3.06. The number of hydrogen-bond donors (Lipinski definition) is 1. The molecule has 0 fully saturated rings. The molecule has 1 atom stereocenters. The second-order valence-corrected chi connectivity index (χ2v) is 8.48. The average molecular weight is 404 g/mol. The molecule has 1 N–H and O–H groups in total. The van der Waals surface area contributed by atoms with E-state index in [1.807, 2.05) is 67.6 Å². The van der Waals surface area contributed by atoms with Crippen LogP contribution < -0.4 is 5.32 Å². The molecule has 4 rings (SSSR count). The summed E-state index contributed by atoms with van der Waals surface area (Å²) in [5.74, 6) is 0.381. The Kier molecular flexibility index (Phi) is 5.18. The van der Waals surface area contributed by atoms with Gasteiger partial charge < -0.3 is 9.73 Å². The van der Waals surface area contributed by atoms with Crippen molar-refractivity contribution in [2.24, 2.45) is 0 Å². The van der Waals surface area contributed by atoms with Gasteiger partial charge in [0.2, 0.25) is 26.6 Å². The molecule has 0 aliphatic carbocycles. The van der Waals surface area contributed by atoms with Gasteiger partial charge in [-0.05, 0) is 36.8 Å². The van der Waals surface area contributed by atoms with E-state index in [4.69, 9.17) is 4.42 Å². The van der Waals surface area contributed by atoms with Crippen molar-refractivity contribution in [2.75, 3.05) is 5.32 Å². The normalized spacial score (nSPS) is 12.4. The molecule has 0 radical (unpaired) electrons. The molecule has 0 aliphatic heterocycles. The number of nitrogens with one attached hydrogen (secondary N) is 1. The van der Waals surface area contributed by atoms with Crippen LogP contribution in [0, 0.1) is 0 Å². The summed E-state index contributed by atoms with van der Waals surface area (Å²) in [6.07, 6.45) is 0. The van der Waals surface area contributed by atoms with E-state index >= 15 is 0 Å². The molecule has 0 spiro atoms. The molecule has 6 heteroatoms. The van der Waals surface area contributed by atoms with Gasteiger partial charge >= 0.3 is 0 Å². The molecule has 1 heterocycles. The minimum absolute atomic E-state index is 0.120. The van der Waals surface area contributed by atoms with Crippen LogP contribution in [0.4, 0.5) is 5.88 Å². The second-order valence-electron chi connectivity index (χ2n) is 6.61. The van der Waals surface area contributed by atoms with E-state index in [1.54, 1.807) is 30.3 Å². The monoisotopic (exact) mass is 404 g/mol. The van der Waals surface area contributed by atoms with E-state index in [1.165, 1.54) is 0 Å². The summed E-state index contributed by atoms with van der Waals surface area (Å²) in [6.45, 7) is 1.94. The number of sulfone groups is 1. The van der Waals surface area contributed by atoms with Gasteiger partial charge in [-0.3, -0.25) is 0 Å². The summed E-state index contributed by atoms with van der Waals surface area (Å²) >= 11 is 0. The molecule has 0 amide bonds. The smallest absolute Gasteiger partial charge is 0.234 e. The molecule has 29 heavy (non-hydrogen) atoms. The highest BCUT2D eigenvalue weighted by atomic mass is 32.2. The number of benzene rings is 3. The van der Waals surface area contributed by atoms with Crippen molar-refractivity contribution in [3.63, 3.8) is 0 Å². The quantitative estimate of drug-likeness (QED) is 0.469. The first-order valence-electron chi connectivity index (χ1n) is 9.23. The Bertz CT molecular complexity index is 1190. The van der Waals surface area contributed by atoms with Crippen LogP contribution in [-0.4, -0.2) is 13.4 Å². The first-order chi connectivity index (χ1) is 14.1. The SMILES string of the molecule is C[C@@H](Nc1oc(-c2ccccc2)nc1S(=O)(=O)c1ccccc1)c1ccccc1. The summed E-state index contributed by atoms with van der Waals surface area (Å²) < 4.78 is 32.4. The third kappa shape index (κ3) is 3.93. The Morgan fingerprint density at radius 1 is 0.828 bits per heavy atom. The second kappa shape index (κ2) is 7.93. The van der Waals surface area contributed by atoms with Crippen LogP contribution in [0.1, 0.15) is 18.5 Å². The fraction of sp³-hybridized carbons (Fsp3) is 0.0870. The Labute approximate surface area is 170 Å². The van der Waals surface area contributed by atoms with E-state index in [0.29, 0.717) is 5.56 Å². The Morgan fingerprint density at radius 2 is 1.38 bits per heavy atom. The molecule has 146 valence electrons. The van der Waals surface area contributed by atoms with E-state index in [0.717, 1.165) is 5.56 Å². The fourth-order valence-electron chi connectivity index (χ4n) is 3.02. The number of nitrogens with zero attached hydrogens (tertiary/aromatic N) is 1. The molecule has 0 saturated carbocycles. The van der Waals surface area contributed by atoms with Gasteiger partial charge in [0.15, 0.2) is 0 Å². The summed E-state index contributed by atoms with van der Waals surface area (Å²) in [6, 6.07) is 27.1. The number of hydrogen-bond acceptors (Lipinski definition) is 5. The molecule has 4 aromatic rings. The van der Waals surface area contributed by atoms with Crippen LogP contribution in [-0.2, 0) is 9.84 Å². The van der Waals surface area contributed by atoms with E-state index < -0.39 is 9.84 Å². The first-order valence-corrected chi connectivity index (χ1v) is 10.7. The standard InChI is InChI=1S/C23H20N2O3S/c1-17(18-11-5-2-6-12-18)24-22-23(29(26,27)20-15-9-4-10-16-20)25-21(28-22)19-13-7-3-8-14-19/h2-17,24H,1H3/t17-/m1/s1. The minimum atomic E-state index is -3.85. The van der Waals surface area contributed by atoms with Crippen LogP contribution in [0.15, 0.2) is 105 Å². The first kappa shape index (κ1) is 19.0. The average Bonchev–Trinajstić information content (AvgIpc) is 3.20. The third-order valence-electron chi connectivity index (χ3n) is 4.57. The largest absolute Gasteiger partial charge is 0.419 e. The number of oxazole rings is 1. The highest BCUT2D eigenvalue weighted by molar-refractivity contribution is 7.91. The minimum Gasteiger partial charge on any atom is -0.419 e. The summed E-state index contributed by atoms with van der Waals surface area (Å²) in [4.78, 5) is 4.53. The van der Waals surface area contributed by atoms with Crippen molar-refractivity contribution in [3.05, 3.63) is 96.6 Å². The Balaban J connectivity index is 1.80. The Hall–Kier alpha value is -3.38. The molecule has 0 saturated heterocycles. The van der Waals surface area contributed by atoms with Gasteiger partial charge in [-0.15, -0.1) is 0 Å². The predicted molar refractivity (Wildman–Crippen MR) is 112 cm³/mol. The van der Waals surface area contributed by atoms with Crippen LogP contribution in [0.3, 0.4) is 0 Å².